The number of halogens is 1. The molecule has 0 amide bonds. The number of methoxy groups -OCH3 is 2. The molecule has 3 rings (SSSR count). The van der Waals surface area contributed by atoms with Gasteiger partial charge in [0.15, 0.2) is 17.5 Å². The van der Waals surface area contributed by atoms with Crippen LogP contribution in [-0.4, -0.2) is 31.7 Å². The Balaban J connectivity index is 0.00000300. The number of nitrogens with zero attached hydrogens (tertiary/aromatic N) is 2. The summed E-state index contributed by atoms with van der Waals surface area (Å²) in [4.78, 5) is 9.34. The lowest BCUT2D eigenvalue weighted by atomic mass is 10.2. The highest BCUT2D eigenvalue weighted by atomic mass is 127. The van der Waals surface area contributed by atoms with E-state index in [2.05, 4.69) is 38.1 Å². The minimum Gasteiger partial charge on any atom is -0.493 e. The van der Waals surface area contributed by atoms with Gasteiger partial charge in [-0.2, -0.15) is 0 Å². The molecule has 29 heavy (non-hydrogen) atoms. The standard InChI is InChI=1S/C21H24N4O2S.HI/c1-4-22-21(24-16-10-11-18(26-2)19(12-16)27-3)23-13-20-25-17(14-28-20)15-8-6-5-7-9-15;/h5-12,14H,4,13H2,1-3H3,(H2,22,23,24);1H. The van der Waals surface area contributed by atoms with Gasteiger partial charge in [-0.25, -0.2) is 9.98 Å². The Kier molecular flexibility index (Phi) is 9.20. The summed E-state index contributed by atoms with van der Waals surface area (Å²) >= 11 is 1.61. The zero-order valence-electron chi connectivity index (χ0n) is 16.6. The highest BCUT2D eigenvalue weighted by Gasteiger charge is 2.07. The molecule has 0 saturated heterocycles. The van der Waals surface area contributed by atoms with E-state index < -0.39 is 0 Å². The Bertz CT molecular complexity index is 931. The van der Waals surface area contributed by atoms with Crippen LogP contribution in [0, 0.1) is 0 Å². The van der Waals surface area contributed by atoms with Crippen LogP contribution in [0.4, 0.5) is 5.69 Å². The minimum absolute atomic E-state index is 0. The fourth-order valence-corrected chi connectivity index (χ4v) is 3.36. The minimum atomic E-state index is 0. The number of guanidine groups is 1. The summed E-state index contributed by atoms with van der Waals surface area (Å²) in [6, 6.07) is 15.8. The van der Waals surface area contributed by atoms with Crippen LogP contribution in [0.1, 0.15) is 11.9 Å². The van der Waals surface area contributed by atoms with Crippen molar-refractivity contribution in [3.63, 3.8) is 0 Å². The molecule has 1 heterocycles. The Morgan fingerprint density at radius 3 is 2.52 bits per heavy atom. The third kappa shape index (κ3) is 6.33. The SMILES string of the molecule is CCNC(=NCc1nc(-c2ccccc2)cs1)Nc1ccc(OC)c(OC)c1.I. The summed E-state index contributed by atoms with van der Waals surface area (Å²) in [5.74, 6) is 2.04. The van der Waals surface area contributed by atoms with Crippen molar-refractivity contribution in [2.45, 2.75) is 13.5 Å². The van der Waals surface area contributed by atoms with Crippen molar-refractivity contribution in [1.82, 2.24) is 10.3 Å². The van der Waals surface area contributed by atoms with Gasteiger partial charge in [0.05, 0.1) is 26.5 Å². The molecule has 6 nitrogen and oxygen atoms in total. The molecule has 0 bridgehead atoms. The average molecular weight is 524 g/mol. The first-order valence-corrected chi connectivity index (χ1v) is 9.88. The molecular formula is C21H25IN4O2S. The molecule has 0 spiro atoms. The number of hydrogen-bond donors (Lipinski definition) is 2. The monoisotopic (exact) mass is 524 g/mol. The molecule has 0 unspecified atom stereocenters. The first-order chi connectivity index (χ1) is 13.7. The molecule has 2 N–H and O–H groups in total. The van der Waals surface area contributed by atoms with Crippen LogP contribution in [0.5, 0.6) is 11.5 Å². The van der Waals surface area contributed by atoms with Crippen LogP contribution >= 0.6 is 35.3 Å². The number of nitrogens with one attached hydrogen (secondary N) is 2. The fraction of sp³-hybridized carbons (Fsp3) is 0.238. The predicted molar refractivity (Wildman–Crippen MR) is 131 cm³/mol. The second-order valence-corrected chi connectivity index (χ2v) is 6.83. The van der Waals surface area contributed by atoms with Crippen LogP contribution in [-0.2, 0) is 6.54 Å². The lowest BCUT2D eigenvalue weighted by molar-refractivity contribution is 0.355. The molecule has 0 fully saturated rings. The lowest BCUT2D eigenvalue weighted by Crippen LogP contribution is -2.30. The first kappa shape index (κ1) is 23.0. The van der Waals surface area contributed by atoms with E-state index >= 15 is 0 Å². The number of aromatic nitrogens is 1. The second-order valence-electron chi connectivity index (χ2n) is 5.88. The van der Waals surface area contributed by atoms with Crippen molar-refractivity contribution in [3.05, 3.63) is 58.9 Å². The molecule has 0 aliphatic rings. The fourth-order valence-electron chi connectivity index (χ4n) is 2.63. The van der Waals surface area contributed by atoms with Gasteiger partial charge in [0.25, 0.3) is 0 Å². The molecule has 3 aromatic rings. The van der Waals surface area contributed by atoms with E-state index in [1.165, 1.54) is 0 Å². The number of aliphatic imine (C=N–C) groups is 1. The van der Waals surface area contributed by atoms with Gasteiger partial charge in [-0.15, -0.1) is 35.3 Å². The van der Waals surface area contributed by atoms with E-state index in [9.17, 15) is 0 Å². The van der Waals surface area contributed by atoms with Crippen LogP contribution in [0.2, 0.25) is 0 Å². The van der Waals surface area contributed by atoms with Gasteiger partial charge in [-0.05, 0) is 19.1 Å². The Morgan fingerprint density at radius 1 is 1.07 bits per heavy atom. The lowest BCUT2D eigenvalue weighted by Gasteiger charge is -2.13. The summed E-state index contributed by atoms with van der Waals surface area (Å²) in [5.41, 5.74) is 2.96. The number of thiazole rings is 1. The summed E-state index contributed by atoms with van der Waals surface area (Å²) in [6.07, 6.45) is 0. The van der Waals surface area contributed by atoms with Crippen molar-refractivity contribution >= 4 is 47.0 Å². The van der Waals surface area contributed by atoms with Crippen molar-refractivity contribution in [3.8, 4) is 22.8 Å². The van der Waals surface area contributed by atoms with E-state index in [4.69, 9.17) is 9.47 Å². The summed E-state index contributed by atoms with van der Waals surface area (Å²) in [5, 5.41) is 9.57. The maximum absolute atomic E-state index is 5.36. The maximum atomic E-state index is 5.36. The van der Waals surface area contributed by atoms with E-state index in [0.29, 0.717) is 24.0 Å². The number of hydrogen-bond acceptors (Lipinski definition) is 5. The highest BCUT2D eigenvalue weighted by molar-refractivity contribution is 14.0. The summed E-state index contributed by atoms with van der Waals surface area (Å²) in [7, 11) is 3.24. The third-order valence-electron chi connectivity index (χ3n) is 3.98. The zero-order valence-corrected chi connectivity index (χ0v) is 19.8. The Morgan fingerprint density at radius 2 is 1.83 bits per heavy atom. The van der Waals surface area contributed by atoms with E-state index in [1.54, 1.807) is 25.6 Å². The molecule has 8 heteroatoms. The largest absolute Gasteiger partial charge is 0.493 e. The smallest absolute Gasteiger partial charge is 0.196 e. The van der Waals surface area contributed by atoms with Gasteiger partial charge in [0.2, 0.25) is 0 Å². The number of anilines is 1. The van der Waals surface area contributed by atoms with Gasteiger partial charge in [0.1, 0.15) is 5.01 Å². The van der Waals surface area contributed by atoms with Crippen molar-refractivity contribution in [2.24, 2.45) is 4.99 Å². The van der Waals surface area contributed by atoms with E-state index in [-0.39, 0.29) is 24.0 Å². The van der Waals surface area contributed by atoms with Gasteiger partial charge < -0.3 is 20.1 Å². The molecule has 0 atom stereocenters. The van der Waals surface area contributed by atoms with Gasteiger partial charge in [-0.3, -0.25) is 0 Å². The van der Waals surface area contributed by atoms with Crippen LogP contribution in [0.25, 0.3) is 11.3 Å². The normalized spacial score (nSPS) is 10.8. The average Bonchev–Trinajstić information content (AvgIpc) is 3.22. The second kappa shape index (κ2) is 11.6. The number of benzene rings is 2. The topological polar surface area (TPSA) is 67.8 Å². The first-order valence-electron chi connectivity index (χ1n) is 9.00. The third-order valence-corrected chi connectivity index (χ3v) is 4.82. The van der Waals surface area contributed by atoms with Gasteiger partial charge >= 0.3 is 0 Å². The van der Waals surface area contributed by atoms with Crippen molar-refractivity contribution in [2.75, 3.05) is 26.1 Å². The van der Waals surface area contributed by atoms with Crippen LogP contribution < -0.4 is 20.1 Å². The quantitative estimate of drug-likeness (QED) is 0.258. The number of ether oxygens (including phenoxy) is 2. The Labute approximate surface area is 192 Å². The predicted octanol–water partition coefficient (Wildman–Crippen LogP) is 5.02. The Hall–Kier alpha value is -2.33. The maximum Gasteiger partial charge on any atom is 0.196 e. The molecule has 2 aromatic carbocycles. The van der Waals surface area contributed by atoms with E-state index in [0.717, 1.165) is 28.5 Å². The van der Waals surface area contributed by atoms with Gasteiger partial charge in [-0.1, -0.05) is 30.3 Å². The molecule has 0 aliphatic carbocycles. The molecular weight excluding hydrogens is 499 g/mol. The highest BCUT2D eigenvalue weighted by Crippen LogP contribution is 2.29. The van der Waals surface area contributed by atoms with Crippen LogP contribution in [0.3, 0.4) is 0 Å². The molecule has 0 radical (unpaired) electrons. The molecule has 1 aromatic heterocycles. The zero-order chi connectivity index (χ0) is 19.8. The van der Waals surface area contributed by atoms with Crippen molar-refractivity contribution in [1.29, 1.82) is 0 Å². The van der Waals surface area contributed by atoms with Crippen LogP contribution in [0.15, 0.2) is 58.9 Å². The summed E-state index contributed by atoms with van der Waals surface area (Å²) < 4.78 is 10.6. The molecule has 154 valence electrons. The summed E-state index contributed by atoms with van der Waals surface area (Å²) in [6.45, 7) is 3.29. The van der Waals surface area contributed by atoms with E-state index in [1.807, 2.05) is 43.3 Å². The van der Waals surface area contributed by atoms with Crippen molar-refractivity contribution < 1.29 is 9.47 Å². The molecule has 0 aliphatic heterocycles. The number of rotatable bonds is 7. The van der Waals surface area contributed by atoms with Gasteiger partial charge in [0, 0.05) is 29.2 Å². The molecule has 0 saturated carbocycles.